The molecule has 27 heavy (non-hydrogen) atoms. The van der Waals surface area contributed by atoms with E-state index in [1.165, 1.54) is 5.56 Å². The summed E-state index contributed by atoms with van der Waals surface area (Å²) in [6, 6.07) is 25.4. The number of hydrazine groups is 1. The summed E-state index contributed by atoms with van der Waals surface area (Å²) in [5.74, 6) is 8.24. The molecule has 0 heterocycles. The number of aryl methyl sites for hydroxylation is 1. The molecule has 0 fully saturated rings. The van der Waals surface area contributed by atoms with Crippen LogP contribution in [0.4, 0.5) is 0 Å². The van der Waals surface area contributed by atoms with Crippen LogP contribution in [0.3, 0.4) is 0 Å². The first-order chi connectivity index (χ1) is 12.5. The van der Waals surface area contributed by atoms with Crippen LogP contribution < -0.4 is 41.2 Å². The summed E-state index contributed by atoms with van der Waals surface area (Å²) >= 11 is 10.7. The first-order valence-corrected chi connectivity index (χ1v) is 8.29. The largest absolute Gasteiger partial charge is 1.00 e. The van der Waals surface area contributed by atoms with Crippen molar-refractivity contribution in [2.75, 3.05) is 0 Å². The Bertz CT molecular complexity index is 713. The monoisotopic (exact) mass is 416 g/mol. The number of phenols is 1. The second-order valence-corrected chi connectivity index (χ2v) is 5.55. The second kappa shape index (κ2) is 18.0. The van der Waals surface area contributed by atoms with Gasteiger partial charge in [0.1, 0.15) is 5.75 Å². The summed E-state index contributed by atoms with van der Waals surface area (Å²) in [6.07, 6.45) is 0. The predicted molar refractivity (Wildman–Crippen MR) is 110 cm³/mol. The van der Waals surface area contributed by atoms with Crippen LogP contribution in [0, 0.1) is 6.92 Å². The smallest absolute Gasteiger partial charge is 1.00 e. The Labute approximate surface area is 193 Å². The van der Waals surface area contributed by atoms with Crippen molar-refractivity contribution in [2.24, 2.45) is 11.7 Å². The van der Waals surface area contributed by atoms with Crippen molar-refractivity contribution < 1.29 is 40.9 Å². The van der Waals surface area contributed by atoms with E-state index in [4.69, 9.17) is 28.3 Å². The fourth-order valence-electron chi connectivity index (χ4n) is 1.54. The van der Waals surface area contributed by atoms with Gasteiger partial charge < -0.3 is 6.53 Å². The van der Waals surface area contributed by atoms with Gasteiger partial charge in [0.05, 0.1) is 0 Å². The molecule has 0 aromatic heterocycles. The van der Waals surface area contributed by atoms with Crippen LogP contribution in [-0.4, -0.2) is 10.3 Å². The Balaban J connectivity index is -0.000000311. The number of carbonyl (C=O) groups is 1. The molecule has 0 aliphatic rings. The molecule has 140 valence electrons. The topological polar surface area (TPSA) is 89.3 Å². The van der Waals surface area contributed by atoms with E-state index < -0.39 is 5.24 Å². The number of halogens is 2. The SMILES string of the molecule is Cc1ccccc1.NN.O=C(Cl)c1ccccc1.Oc1ccc(Cl)cc1.[H-].[Na+]. The van der Waals surface area contributed by atoms with Crippen molar-refractivity contribution in [3.05, 3.63) is 101 Å². The molecule has 0 saturated carbocycles. The van der Waals surface area contributed by atoms with E-state index in [-0.39, 0.29) is 36.7 Å². The molecule has 0 spiro atoms. The Morgan fingerprint density at radius 2 is 1.26 bits per heavy atom. The van der Waals surface area contributed by atoms with Gasteiger partial charge in [-0.15, -0.1) is 0 Å². The molecule has 4 nitrogen and oxygen atoms in total. The van der Waals surface area contributed by atoms with Crippen molar-refractivity contribution in [1.82, 2.24) is 0 Å². The minimum Gasteiger partial charge on any atom is -1.00 e. The Kier molecular flexibility index (Phi) is 18.6. The third-order valence-corrected chi connectivity index (χ3v) is 3.24. The zero-order chi connectivity index (χ0) is 19.8. The van der Waals surface area contributed by atoms with Crippen LogP contribution in [0.2, 0.25) is 5.02 Å². The normalized spacial score (nSPS) is 8.19. The molecule has 0 unspecified atom stereocenters. The van der Waals surface area contributed by atoms with E-state index in [1.54, 1.807) is 48.5 Å². The van der Waals surface area contributed by atoms with E-state index in [9.17, 15) is 4.79 Å². The van der Waals surface area contributed by atoms with Crippen molar-refractivity contribution in [3.63, 3.8) is 0 Å². The van der Waals surface area contributed by atoms with Crippen molar-refractivity contribution >= 4 is 28.4 Å². The summed E-state index contributed by atoms with van der Waals surface area (Å²) in [5, 5.41) is 8.93. The summed E-state index contributed by atoms with van der Waals surface area (Å²) in [4.78, 5) is 10.4. The number of benzene rings is 3. The Morgan fingerprint density at radius 1 is 0.852 bits per heavy atom. The van der Waals surface area contributed by atoms with E-state index >= 15 is 0 Å². The molecule has 0 saturated heterocycles. The fourth-order valence-corrected chi connectivity index (χ4v) is 1.80. The third kappa shape index (κ3) is 15.4. The van der Waals surface area contributed by atoms with Crippen molar-refractivity contribution in [1.29, 1.82) is 0 Å². The molecule has 3 aromatic rings. The van der Waals surface area contributed by atoms with Crippen LogP contribution in [0.15, 0.2) is 84.9 Å². The zero-order valence-electron chi connectivity index (χ0n) is 16.3. The van der Waals surface area contributed by atoms with Gasteiger partial charge in [-0.2, -0.15) is 0 Å². The molecule has 0 aliphatic heterocycles. The van der Waals surface area contributed by atoms with Gasteiger partial charge in [0.2, 0.25) is 0 Å². The molecule has 0 radical (unpaired) electrons. The van der Waals surface area contributed by atoms with Crippen LogP contribution in [0.5, 0.6) is 5.75 Å². The van der Waals surface area contributed by atoms with Crippen molar-refractivity contribution in [2.45, 2.75) is 6.92 Å². The molecule has 0 amide bonds. The van der Waals surface area contributed by atoms with E-state index in [1.807, 2.05) is 24.3 Å². The maximum atomic E-state index is 10.4. The number of hydrogen-bond donors (Lipinski definition) is 3. The molecular formula is C20H23Cl2N2NaO2. The van der Waals surface area contributed by atoms with Gasteiger partial charge in [-0.3, -0.25) is 16.5 Å². The Morgan fingerprint density at radius 3 is 1.52 bits per heavy atom. The van der Waals surface area contributed by atoms with Crippen LogP contribution in [0.25, 0.3) is 0 Å². The van der Waals surface area contributed by atoms with Crippen LogP contribution in [-0.2, 0) is 0 Å². The third-order valence-electron chi connectivity index (χ3n) is 2.77. The predicted octanol–water partition coefficient (Wildman–Crippen LogP) is 2.04. The van der Waals surface area contributed by atoms with Gasteiger partial charge in [0.15, 0.2) is 0 Å². The fraction of sp³-hybridized carbons (Fsp3) is 0.0500. The molecule has 5 N–H and O–H groups in total. The van der Waals surface area contributed by atoms with Gasteiger partial charge in [0.25, 0.3) is 5.24 Å². The minimum absolute atomic E-state index is 0. The molecular weight excluding hydrogens is 394 g/mol. The molecule has 3 rings (SSSR count). The minimum atomic E-state index is -0.407. The van der Waals surface area contributed by atoms with E-state index in [0.29, 0.717) is 10.6 Å². The average Bonchev–Trinajstić information content (AvgIpc) is 2.68. The Hall–Kier alpha value is -1.37. The molecule has 0 atom stereocenters. The number of rotatable bonds is 1. The number of hydrogen-bond acceptors (Lipinski definition) is 4. The van der Waals surface area contributed by atoms with Gasteiger partial charge >= 0.3 is 29.6 Å². The van der Waals surface area contributed by atoms with Gasteiger partial charge in [-0.1, -0.05) is 77.8 Å². The van der Waals surface area contributed by atoms with Gasteiger partial charge in [-0.25, -0.2) is 0 Å². The summed E-state index contributed by atoms with van der Waals surface area (Å²) in [6.45, 7) is 2.08. The zero-order valence-corrected chi connectivity index (χ0v) is 18.9. The second-order valence-electron chi connectivity index (χ2n) is 4.77. The van der Waals surface area contributed by atoms with Gasteiger partial charge in [0, 0.05) is 10.6 Å². The van der Waals surface area contributed by atoms with Gasteiger partial charge in [-0.05, 0) is 42.8 Å². The van der Waals surface area contributed by atoms with E-state index in [0.717, 1.165) is 0 Å². The quantitative estimate of drug-likeness (QED) is 0.245. The van der Waals surface area contributed by atoms with Crippen molar-refractivity contribution in [3.8, 4) is 5.75 Å². The molecule has 0 aliphatic carbocycles. The maximum absolute atomic E-state index is 10.4. The molecule has 0 bridgehead atoms. The van der Waals surface area contributed by atoms with Crippen LogP contribution in [0.1, 0.15) is 17.3 Å². The maximum Gasteiger partial charge on any atom is 1.00 e. The summed E-state index contributed by atoms with van der Waals surface area (Å²) < 4.78 is 0. The number of nitrogens with two attached hydrogens (primary N) is 2. The first-order valence-electron chi connectivity index (χ1n) is 7.53. The average molecular weight is 417 g/mol. The first kappa shape index (κ1) is 27.8. The summed E-state index contributed by atoms with van der Waals surface area (Å²) in [5.41, 5.74) is 1.86. The number of carbonyl (C=O) groups excluding carboxylic acids is 1. The summed E-state index contributed by atoms with van der Waals surface area (Å²) in [7, 11) is 0. The molecule has 3 aromatic carbocycles. The number of phenolic OH excluding ortho intramolecular Hbond substituents is 1. The van der Waals surface area contributed by atoms with Crippen LogP contribution >= 0.6 is 23.2 Å². The number of aromatic hydroxyl groups is 1. The standard InChI is InChI=1S/C7H5ClO.C7H8.C6H5ClO.H4N2.Na.H/c8-7(9)6-4-2-1-3-5-6;1-7-5-3-2-4-6-7;7-5-1-3-6(8)4-2-5;1-2;;/h1-5H;2-6H,1H3;1-4,8H;1-2H2;;/q;;;;+1;-1. The molecule has 7 heteroatoms. The van der Waals surface area contributed by atoms with E-state index in [2.05, 4.69) is 30.7 Å².